The van der Waals surface area contributed by atoms with Crippen LogP contribution in [0.25, 0.3) is 0 Å². The predicted octanol–water partition coefficient (Wildman–Crippen LogP) is 1.89. The third-order valence-electron chi connectivity index (χ3n) is 1.39. The molecule has 1 rings (SSSR count). The van der Waals surface area contributed by atoms with Crippen molar-refractivity contribution in [3.63, 3.8) is 0 Å². The smallest absolute Gasteiger partial charge is 0.142 e. The molecule has 0 aromatic carbocycles. The van der Waals surface area contributed by atoms with Crippen molar-refractivity contribution in [2.24, 2.45) is 0 Å². The van der Waals surface area contributed by atoms with Gasteiger partial charge in [-0.2, -0.15) is 0 Å². The summed E-state index contributed by atoms with van der Waals surface area (Å²) in [5.41, 5.74) is 0.615. The average Bonchev–Trinajstić information content (AvgIpc) is 2.03. The van der Waals surface area contributed by atoms with Gasteiger partial charge in [-0.1, -0.05) is 12.2 Å². The molecule has 1 aromatic rings. The van der Waals surface area contributed by atoms with Crippen molar-refractivity contribution in [3.8, 4) is 0 Å². The van der Waals surface area contributed by atoms with Crippen LogP contribution in [0.4, 0.5) is 4.39 Å². The third kappa shape index (κ3) is 3.06. The van der Waals surface area contributed by atoms with Crippen LogP contribution in [0.5, 0.6) is 0 Å². The third-order valence-corrected chi connectivity index (χ3v) is 1.74. The van der Waals surface area contributed by atoms with Gasteiger partial charge in [0.25, 0.3) is 0 Å². The molecule has 0 amide bonds. The summed E-state index contributed by atoms with van der Waals surface area (Å²) in [6, 6.07) is 1.61. The quantitative estimate of drug-likeness (QED) is 0.735. The minimum absolute atomic E-state index is 0.246. The van der Waals surface area contributed by atoms with E-state index in [-0.39, 0.29) is 11.9 Å². The van der Waals surface area contributed by atoms with Gasteiger partial charge in [0.15, 0.2) is 0 Å². The van der Waals surface area contributed by atoms with Gasteiger partial charge in [0.2, 0.25) is 0 Å². The molecule has 0 unspecified atom stereocenters. The van der Waals surface area contributed by atoms with Gasteiger partial charge in [0, 0.05) is 17.8 Å². The molecule has 0 saturated carbocycles. The second-order valence-electron chi connectivity index (χ2n) is 3.02. The minimum Gasteiger partial charge on any atom is -0.374 e. The van der Waals surface area contributed by atoms with Gasteiger partial charge in [0.1, 0.15) is 10.8 Å². The van der Waals surface area contributed by atoms with E-state index in [1.807, 2.05) is 13.8 Å². The zero-order valence-corrected chi connectivity index (χ0v) is 8.36. The number of nitrogens with one attached hydrogen (secondary N) is 1. The lowest BCUT2D eigenvalue weighted by Crippen LogP contribution is -2.29. The lowest BCUT2D eigenvalue weighted by molar-refractivity contribution is 0.620. The molecule has 0 fully saturated rings. The van der Waals surface area contributed by atoms with Crippen LogP contribution in [0.2, 0.25) is 0 Å². The Labute approximate surface area is 82.2 Å². The normalized spacial score (nSPS) is 10.2. The van der Waals surface area contributed by atoms with E-state index in [1.54, 1.807) is 6.20 Å². The number of hydrogen-bond acceptors (Lipinski definition) is 2. The molecule has 0 radical (unpaired) electrons. The fourth-order valence-corrected chi connectivity index (χ4v) is 1.23. The zero-order chi connectivity index (χ0) is 9.84. The monoisotopic (exact) mass is 198 g/mol. The maximum atomic E-state index is 12.7. The maximum Gasteiger partial charge on any atom is 0.142 e. The van der Waals surface area contributed by atoms with Crippen LogP contribution in [0.15, 0.2) is 18.5 Å². The van der Waals surface area contributed by atoms with Crippen molar-refractivity contribution in [1.82, 2.24) is 10.3 Å². The fourth-order valence-electron chi connectivity index (χ4n) is 0.882. The highest BCUT2D eigenvalue weighted by Crippen LogP contribution is 2.01. The standard InChI is InChI=1S/C9H11FN2S/c1-6(2)12-9(13)7-3-8(10)5-11-4-7/h3-6H,1-2H3,(H,12,13). The van der Waals surface area contributed by atoms with Crippen LogP contribution in [-0.2, 0) is 0 Å². The molecule has 4 heteroatoms. The Morgan fingerprint density at radius 1 is 1.54 bits per heavy atom. The van der Waals surface area contributed by atoms with Crippen LogP contribution < -0.4 is 5.32 Å². The van der Waals surface area contributed by atoms with Crippen molar-refractivity contribution in [2.75, 3.05) is 0 Å². The van der Waals surface area contributed by atoms with E-state index in [1.165, 1.54) is 6.07 Å². The van der Waals surface area contributed by atoms with Crippen molar-refractivity contribution in [1.29, 1.82) is 0 Å². The van der Waals surface area contributed by atoms with Crippen molar-refractivity contribution < 1.29 is 4.39 Å². The molecule has 0 atom stereocenters. The average molecular weight is 198 g/mol. The molecule has 0 spiro atoms. The summed E-state index contributed by atoms with van der Waals surface area (Å²) in [6.45, 7) is 3.94. The van der Waals surface area contributed by atoms with Crippen LogP contribution >= 0.6 is 12.2 Å². The van der Waals surface area contributed by atoms with Crippen molar-refractivity contribution in [2.45, 2.75) is 19.9 Å². The van der Waals surface area contributed by atoms with Gasteiger partial charge < -0.3 is 5.32 Å². The summed E-state index contributed by atoms with van der Waals surface area (Å²) in [7, 11) is 0. The van der Waals surface area contributed by atoms with E-state index in [4.69, 9.17) is 12.2 Å². The van der Waals surface area contributed by atoms with Crippen molar-refractivity contribution >= 4 is 17.2 Å². The number of nitrogens with zero attached hydrogens (tertiary/aromatic N) is 1. The lowest BCUT2D eigenvalue weighted by Gasteiger charge is -2.10. The van der Waals surface area contributed by atoms with E-state index >= 15 is 0 Å². The second kappa shape index (κ2) is 4.28. The molecule has 1 N–H and O–H groups in total. The van der Waals surface area contributed by atoms with Crippen LogP contribution in [-0.4, -0.2) is 16.0 Å². The highest BCUT2D eigenvalue weighted by Gasteiger charge is 2.03. The molecule has 2 nitrogen and oxygen atoms in total. The predicted molar refractivity (Wildman–Crippen MR) is 54.2 cm³/mol. The Balaban J connectivity index is 2.77. The van der Waals surface area contributed by atoms with Gasteiger partial charge in [-0.05, 0) is 19.9 Å². The summed E-state index contributed by atoms with van der Waals surface area (Å²) in [5.74, 6) is -0.370. The van der Waals surface area contributed by atoms with Crippen LogP contribution in [0, 0.1) is 5.82 Å². The van der Waals surface area contributed by atoms with Crippen LogP contribution in [0.3, 0.4) is 0 Å². The van der Waals surface area contributed by atoms with Gasteiger partial charge in [0.05, 0.1) is 6.20 Å². The molecule has 0 aliphatic heterocycles. The highest BCUT2D eigenvalue weighted by molar-refractivity contribution is 7.80. The second-order valence-corrected chi connectivity index (χ2v) is 3.43. The molecule has 0 saturated heterocycles. The number of thiocarbonyl (C=S) groups is 1. The molecule has 0 bridgehead atoms. The lowest BCUT2D eigenvalue weighted by atomic mass is 10.2. The first-order valence-electron chi connectivity index (χ1n) is 4.01. The largest absolute Gasteiger partial charge is 0.374 e. The van der Waals surface area contributed by atoms with E-state index in [0.29, 0.717) is 10.6 Å². The topological polar surface area (TPSA) is 24.9 Å². The van der Waals surface area contributed by atoms with Gasteiger partial charge in [-0.3, -0.25) is 4.98 Å². The van der Waals surface area contributed by atoms with E-state index in [9.17, 15) is 4.39 Å². The highest BCUT2D eigenvalue weighted by atomic mass is 32.1. The molecule has 0 aliphatic rings. The summed E-state index contributed by atoms with van der Waals surface area (Å²) in [5, 5.41) is 3.01. The van der Waals surface area contributed by atoms with E-state index in [2.05, 4.69) is 10.3 Å². The van der Waals surface area contributed by atoms with Gasteiger partial charge >= 0.3 is 0 Å². The molecule has 70 valence electrons. The summed E-state index contributed by atoms with van der Waals surface area (Å²) in [4.78, 5) is 4.24. The summed E-state index contributed by atoms with van der Waals surface area (Å²) >= 11 is 5.04. The van der Waals surface area contributed by atoms with Crippen LogP contribution in [0.1, 0.15) is 19.4 Å². The minimum atomic E-state index is -0.370. The Hall–Kier alpha value is -1.03. The van der Waals surface area contributed by atoms with E-state index < -0.39 is 0 Å². The maximum absolute atomic E-state index is 12.7. The SMILES string of the molecule is CC(C)NC(=S)c1cncc(F)c1. The first kappa shape index (κ1) is 10.1. The molecule has 13 heavy (non-hydrogen) atoms. The molecule has 0 aliphatic carbocycles. The molecule has 1 heterocycles. The van der Waals surface area contributed by atoms with Gasteiger partial charge in [-0.25, -0.2) is 4.39 Å². The van der Waals surface area contributed by atoms with E-state index in [0.717, 1.165) is 6.20 Å². The van der Waals surface area contributed by atoms with Crippen molar-refractivity contribution in [3.05, 3.63) is 29.8 Å². The Morgan fingerprint density at radius 2 is 2.23 bits per heavy atom. The number of aromatic nitrogens is 1. The fraction of sp³-hybridized carbons (Fsp3) is 0.333. The Morgan fingerprint density at radius 3 is 2.77 bits per heavy atom. The first-order valence-corrected chi connectivity index (χ1v) is 4.42. The van der Waals surface area contributed by atoms with Gasteiger partial charge in [-0.15, -0.1) is 0 Å². The number of halogens is 1. The summed E-state index contributed by atoms with van der Waals surface area (Å²) < 4.78 is 12.7. The number of hydrogen-bond donors (Lipinski definition) is 1. The molecular weight excluding hydrogens is 187 g/mol. The number of pyridine rings is 1. The summed E-state index contributed by atoms with van der Waals surface area (Å²) in [6.07, 6.45) is 2.70. The molecule has 1 aromatic heterocycles. The molecular formula is C9H11FN2S. The zero-order valence-electron chi connectivity index (χ0n) is 7.54. The Kier molecular flexibility index (Phi) is 3.31. The first-order chi connectivity index (χ1) is 6.09. The number of rotatable bonds is 2. The Bertz CT molecular complexity index is 312.